The number of rotatable bonds is 4. The molecule has 20 heavy (non-hydrogen) atoms. The smallest absolute Gasteiger partial charge is 0.325 e. The minimum absolute atomic E-state index is 0.0310. The number of aromatic nitrogens is 1. The minimum atomic E-state index is -0.420. The van der Waals surface area contributed by atoms with Crippen LogP contribution in [0.1, 0.15) is 11.3 Å². The number of nitrogens with one attached hydrogen (secondary N) is 1. The van der Waals surface area contributed by atoms with E-state index in [1.54, 1.807) is 7.05 Å². The van der Waals surface area contributed by atoms with Gasteiger partial charge in [-0.1, -0.05) is 18.2 Å². The second kappa shape index (κ2) is 5.77. The number of H-pyrrole nitrogens is 1. The first-order valence-electron chi connectivity index (χ1n) is 6.40. The first-order chi connectivity index (χ1) is 9.52. The maximum Gasteiger partial charge on any atom is 0.325 e. The molecular formula is C15H18N2O3. The van der Waals surface area contributed by atoms with E-state index in [9.17, 15) is 9.59 Å². The van der Waals surface area contributed by atoms with Crippen LogP contribution in [-0.2, 0) is 20.7 Å². The number of methoxy groups -OCH3 is 1. The largest absolute Gasteiger partial charge is 0.468 e. The molecule has 1 amide bonds. The number of hydrogen-bond donors (Lipinski definition) is 1. The Morgan fingerprint density at radius 2 is 2.00 bits per heavy atom. The number of carbonyl (C=O) groups is 2. The molecule has 1 N–H and O–H groups in total. The highest BCUT2D eigenvalue weighted by Gasteiger charge is 2.17. The zero-order valence-corrected chi connectivity index (χ0v) is 11.9. The molecule has 0 fully saturated rings. The zero-order valence-electron chi connectivity index (χ0n) is 11.9. The van der Waals surface area contributed by atoms with Crippen LogP contribution in [0.2, 0.25) is 0 Å². The van der Waals surface area contributed by atoms with Crippen molar-refractivity contribution >= 4 is 22.8 Å². The number of esters is 1. The fourth-order valence-electron chi connectivity index (χ4n) is 2.20. The van der Waals surface area contributed by atoms with Crippen molar-refractivity contribution in [3.05, 3.63) is 35.5 Å². The number of amides is 1. The Labute approximate surface area is 117 Å². The number of fused-ring (bicyclic) bond motifs is 1. The number of carbonyl (C=O) groups excluding carboxylic acids is 2. The van der Waals surface area contributed by atoms with Crippen LogP contribution in [0, 0.1) is 6.92 Å². The maximum atomic E-state index is 12.2. The van der Waals surface area contributed by atoms with Crippen LogP contribution < -0.4 is 0 Å². The van der Waals surface area contributed by atoms with Crippen LogP contribution in [0.5, 0.6) is 0 Å². The lowest BCUT2D eigenvalue weighted by atomic mass is 10.1. The summed E-state index contributed by atoms with van der Waals surface area (Å²) in [7, 11) is 2.91. The van der Waals surface area contributed by atoms with E-state index >= 15 is 0 Å². The molecule has 0 bridgehead atoms. The number of hydrogen-bond acceptors (Lipinski definition) is 3. The summed E-state index contributed by atoms with van der Waals surface area (Å²) in [5.41, 5.74) is 2.97. The molecule has 0 aliphatic rings. The van der Waals surface area contributed by atoms with Crippen molar-refractivity contribution in [2.75, 3.05) is 20.7 Å². The number of ether oxygens (including phenoxy) is 1. The van der Waals surface area contributed by atoms with Crippen LogP contribution in [0.4, 0.5) is 0 Å². The van der Waals surface area contributed by atoms with Crippen LogP contribution in [-0.4, -0.2) is 42.5 Å². The molecule has 0 radical (unpaired) electrons. The van der Waals surface area contributed by atoms with Crippen molar-refractivity contribution < 1.29 is 14.3 Å². The molecule has 0 aliphatic heterocycles. The second-order valence-corrected chi connectivity index (χ2v) is 4.78. The Morgan fingerprint density at radius 3 is 2.70 bits per heavy atom. The van der Waals surface area contributed by atoms with Crippen LogP contribution in [0.15, 0.2) is 24.3 Å². The van der Waals surface area contributed by atoms with Gasteiger partial charge < -0.3 is 14.6 Å². The standard InChI is InChI=1S/C15H18N2O3/c1-10-12(11-6-4-5-7-13(11)16-10)8-14(18)17(2)9-15(19)20-3/h4-7,16H,8-9H2,1-3H3. The monoisotopic (exact) mass is 274 g/mol. The molecule has 1 heterocycles. The highest BCUT2D eigenvalue weighted by molar-refractivity contribution is 5.91. The Bertz CT molecular complexity index is 646. The Hall–Kier alpha value is -2.30. The van der Waals surface area contributed by atoms with Crippen LogP contribution >= 0.6 is 0 Å². The molecular weight excluding hydrogens is 256 g/mol. The van der Waals surface area contributed by atoms with Gasteiger partial charge in [-0.25, -0.2) is 0 Å². The summed E-state index contributed by atoms with van der Waals surface area (Å²) in [4.78, 5) is 28.0. The van der Waals surface area contributed by atoms with Gasteiger partial charge in [-0.05, 0) is 18.6 Å². The number of likely N-dealkylation sites (N-methyl/N-ethyl adjacent to an activating group) is 1. The first-order valence-corrected chi connectivity index (χ1v) is 6.40. The molecule has 2 rings (SSSR count). The molecule has 0 saturated carbocycles. The molecule has 0 spiro atoms. The average molecular weight is 274 g/mol. The van der Waals surface area contributed by atoms with Crippen molar-refractivity contribution in [1.82, 2.24) is 9.88 Å². The van der Waals surface area contributed by atoms with E-state index in [2.05, 4.69) is 9.72 Å². The molecule has 5 heteroatoms. The lowest BCUT2D eigenvalue weighted by Gasteiger charge is -2.15. The van der Waals surface area contributed by atoms with Gasteiger partial charge in [0.05, 0.1) is 13.5 Å². The first kappa shape index (κ1) is 14.1. The third kappa shape index (κ3) is 2.82. The minimum Gasteiger partial charge on any atom is -0.468 e. The summed E-state index contributed by atoms with van der Waals surface area (Å²) in [6, 6.07) is 7.87. The van der Waals surface area contributed by atoms with E-state index in [1.807, 2.05) is 31.2 Å². The summed E-state index contributed by atoms with van der Waals surface area (Å²) in [5, 5.41) is 1.05. The molecule has 1 aromatic carbocycles. The fraction of sp³-hybridized carbons (Fsp3) is 0.333. The van der Waals surface area contributed by atoms with Crippen molar-refractivity contribution in [2.24, 2.45) is 0 Å². The summed E-state index contributed by atoms with van der Waals surface area (Å²) in [5.74, 6) is -0.528. The van der Waals surface area contributed by atoms with Gasteiger partial charge in [-0.2, -0.15) is 0 Å². The summed E-state index contributed by atoms with van der Waals surface area (Å²) in [6.45, 7) is 1.92. The van der Waals surface area contributed by atoms with E-state index in [4.69, 9.17) is 0 Å². The van der Waals surface area contributed by atoms with Crippen LogP contribution in [0.25, 0.3) is 10.9 Å². The number of nitrogens with zero attached hydrogens (tertiary/aromatic N) is 1. The number of aromatic amines is 1. The van der Waals surface area contributed by atoms with Gasteiger partial charge in [0.1, 0.15) is 6.54 Å². The summed E-state index contributed by atoms with van der Waals surface area (Å²) >= 11 is 0. The third-order valence-electron chi connectivity index (χ3n) is 3.37. The molecule has 2 aromatic rings. The Kier molecular flexibility index (Phi) is 4.08. The molecule has 0 saturated heterocycles. The maximum absolute atomic E-state index is 12.2. The lowest BCUT2D eigenvalue weighted by molar-refractivity contribution is -0.145. The van der Waals surface area contributed by atoms with Gasteiger partial charge in [0.25, 0.3) is 0 Å². The SMILES string of the molecule is COC(=O)CN(C)C(=O)Cc1c(C)[nH]c2ccccc12. The van der Waals surface area contributed by atoms with E-state index in [1.165, 1.54) is 12.0 Å². The van der Waals surface area contributed by atoms with Crippen LogP contribution in [0.3, 0.4) is 0 Å². The molecule has 0 atom stereocenters. The van der Waals surface area contributed by atoms with Crippen molar-refractivity contribution in [3.63, 3.8) is 0 Å². The van der Waals surface area contributed by atoms with Gasteiger partial charge in [0.15, 0.2) is 0 Å². The average Bonchev–Trinajstić information content (AvgIpc) is 2.75. The summed E-state index contributed by atoms with van der Waals surface area (Å²) in [6.07, 6.45) is 0.267. The fourth-order valence-corrected chi connectivity index (χ4v) is 2.20. The molecule has 0 aliphatic carbocycles. The van der Waals surface area contributed by atoms with Gasteiger partial charge in [-0.15, -0.1) is 0 Å². The third-order valence-corrected chi connectivity index (χ3v) is 3.37. The molecule has 106 valence electrons. The highest BCUT2D eigenvalue weighted by atomic mass is 16.5. The van der Waals surface area contributed by atoms with E-state index < -0.39 is 5.97 Å². The highest BCUT2D eigenvalue weighted by Crippen LogP contribution is 2.22. The van der Waals surface area contributed by atoms with Gasteiger partial charge in [0.2, 0.25) is 5.91 Å². The normalized spacial score (nSPS) is 10.6. The summed E-state index contributed by atoms with van der Waals surface area (Å²) < 4.78 is 4.56. The van der Waals surface area contributed by atoms with E-state index in [0.29, 0.717) is 0 Å². The van der Waals surface area contributed by atoms with Crippen molar-refractivity contribution in [3.8, 4) is 0 Å². The van der Waals surface area contributed by atoms with Crippen molar-refractivity contribution in [2.45, 2.75) is 13.3 Å². The predicted molar refractivity (Wildman–Crippen MR) is 76.4 cm³/mol. The Balaban J connectivity index is 2.17. The Morgan fingerprint density at radius 1 is 1.30 bits per heavy atom. The van der Waals surface area contributed by atoms with Gasteiger partial charge in [-0.3, -0.25) is 9.59 Å². The zero-order chi connectivity index (χ0) is 14.7. The van der Waals surface area contributed by atoms with E-state index in [-0.39, 0.29) is 18.9 Å². The predicted octanol–water partition coefficient (Wildman–Crippen LogP) is 1.65. The van der Waals surface area contributed by atoms with Crippen molar-refractivity contribution in [1.29, 1.82) is 0 Å². The number of aryl methyl sites for hydroxylation is 1. The second-order valence-electron chi connectivity index (χ2n) is 4.78. The number of benzene rings is 1. The van der Waals surface area contributed by atoms with Gasteiger partial charge >= 0.3 is 5.97 Å². The molecule has 0 unspecified atom stereocenters. The molecule has 1 aromatic heterocycles. The van der Waals surface area contributed by atoms with E-state index in [0.717, 1.165) is 22.2 Å². The lowest BCUT2D eigenvalue weighted by Crippen LogP contribution is -2.33. The quantitative estimate of drug-likeness (QED) is 0.862. The topological polar surface area (TPSA) is 62.4 Å². The molecule has 5 nitrogen and oxygen atoms in total. The van der Waals surface area contributed by atoms with Gasteiger partial charge in [0, 0.05) is 23.6 Å². The number of para-hydroxylation sites is 1.